The van der Waals surface area contributed by atoms with Crippen molar-refractivity contribution in [3.8, 4) is 5.75 Å². The summed E-state index contributed by atoms with van der Waals surface area (Å²) >= 11 is 0. The molecule has 3 nitrogen and oxygen atoms in total. The molecule has 0 saturated heterocycles. The molecule has 1 aromatic carbocycles. The second-order valence-electron chi connectivity index (χ2n) is 3.20. The monoisotopic (exact) mass is 269 g/mol. The van der Waals surface area contributed by atoms with Crippen molar-refractivity contribution in [2.45, 2.75) is 19.3 Å². The molecule has 0 atom stereocenters. The van der Waals surface area contributed by atoms with E-state index in [9.17, 15) is 26.7 Å². The lowest BCUT2D eigenvalue weighted by molar-refractivity contribution is -0.173. The Balaban J connectivity index is 2.52. The van der Waals surface area contributed by atoms with Gasteiger partial charge in [0.25, 0.3) is 0 Å². The van der Waals surface area contributed by atoms with Crippen LogP contribution in [0.2, 0.25) is 0 Å². The van der Waals surface area contributed by atoms with Gasteiger partial charge in [-0.25, -0.2) is 0 Å². The summed E-state index contributed by atoms with van der Waals surface area (Å²) in [5.41, 5.74) is 0.328. The number of alkyl halides is 5. The first kappa shape index (κ1) is 14.2. The summed E-state index contributed by atoms with van der Waals surface area (Å²) in [6.45, 7) is -3.33. The number of amides is 1. The minimum atomic E-state index is -4.95. The molecule has 0 unspecified atom stereocenters. The summed E-state index contributed by atoms with van der Waals surface area (Å²) in [5, 5.41) is 1.65. The van der Waals surface area contributed by atoms with Crippen LogP contribution in [0.5, 0.6) is 5.75 Å². The number of benzene rings is 1. The molecule has 1 N–H and O–H groups in total. The zero-order valence-corrected chi connectivity index (χ0v) is 8.80. The molecule has 1 aromatic rings. The zero-order chi connectivity index (χ0) is 13.8. The number of hydrogen-bond acceptors (Lipinski definition) is 2. The van der Waals surface area contributed by atoms with Gasteiger partial charge in [0, 0.05) is 6.54 Å². The number of ether oxygens (including phenoxy) is 1. The second kappa shape index (κ2) is 5.65. The van der Waals surface area contributed by atoms with Gasteiger partial charge >= 0.3 is 18.7 Å². The van der Waals surface area contributed by atoms with E-state index in [1.165, 1.54) is 24.3 Å². The van der Waals surface area contributed by atoms with E-state index in [1.54, 1.807) is 5.32 Å². The number of hydrogen-bond donors (Lipinski definition) is 1. The van der Waals surface area contributed by atoms with E-state index in [2.05, 4.69) is 4.74 Å². The molecule has 100 valence electrons. The fourth-order valence-electron chi connectivity index (χ4n) is 1.07. The molecule has 8 heteroatoms. The van der Waals surface area contributed by atoms with E-state index in [-0.39, 0.29) is 12.3 Å². The molecule has 0 heterocycles. The molecular weight excluding hydrogens is 261 g/mol. The van der Waals surface area contributed by atoms with Crippen molar-refractivity contribution in [1.82, 2.24) is 5.32 Å². The number of halogens is 5. The molecule has 1 rings (SSSR count). The van der Waals surface area contributed by atoms with Crippen molar-refractivity contribution in [2.75, 3.05) is 0 Å². The first-order valence-corrected chi connectivity index (χ1v) is 4.68. The van der Waals surface area contributed by atoms with Gasteiger partial charge in [-0.3, -0.25) is 4.79 Å². The van der Waals surface area contributed by atoms with E-state index in [4.69, 9.17) is 0 Å². The van der Waals surface area contributed by atoms with Crippen molar-refractivity contribution in [3.63, 3.8) is 0 Å². The quantitative estimate of drug-likeness (QED) is 0.853. The van der Waals surface area contributed by atoms with Crippen molar-refractivity contribution >= 4 is 5.91 Å². The highest BCUT2D eigenvalue weighted by Crippen LogP contribution is 2.16. The van der Waals surface area contributed by atoms with Gasteiger partial charge in [0.1, 0.15) is 5.75 Å². The highest BCUT2D eigenvalue weighted by molar-refractivity contribution is 5.81. The summed E-state index contributed by atoms with van der Waals surface area (Å²) in [6.07, 6.45) is -4.95. The van der Waals surface area contributed by atoms with Gasteiger partial charge < -0.3 is 10.1 Å². The van der Waals surface area contributed by atoms with Gasteiger partial charge in [-0.2, -0.15) is 22.0 Å². The molecular formula is C10H8F5NO2. The molecule has 0 aliphatic heterocycles. The largest absolute Gasteiger partial charge is 0.471 e. The van der Waals surface area contributed by atoms with Crippen LogP contribution in [0, 0.1) is 0 Å². The van der Waals surface area contributed by atoms with E-state index < -0.39 is 18.7 Å². The molecule has 0 aliphatic carbocycles. The Kier molecular flexibility index (Phi) is 4.46. The minimum absolute atomic E-state index is 0.115. The van der Waals surface area contributed by atoms with Gasteiger partial charge in [-0.1, -0.05) is 12.1 Å². The van der Waals surface area contributed by atoms with E-state index in [0.29, 0.717) is 5.56 Å². The summed E-state index contributed by atoms with van der Waals surface area (Å²) in [6, 6.07) is 4.88. The van der Waals surface area contributed by atoms with E-state index >= 15 is 0 Å². The fourth-order valence-corrected chi connectivity index (χ4v) is 1.07. The Bertz CT molecular complexity index is 402. The van der Waals surface area contributed by atoms with Crippen LogP contribution >= 0.6 is 0 Å². The summed E-state index contributed by atoms with van der Waals surface area (Å²) in [4.78, 5) is 10.5. The summed E-state index contributed by atoms with van der Waals surface area (Å²) in [5.74, 6) is -2.17. The Morgan fingerprint density at radius 3 is 2.22 bits per heavy atom. The minimum Gasteiger partial charge on any atom is -0.435 e. The Morgan fingerprint density at radius 2 is 1.78 bits per heavy atom. The second-order valence-corrected chi connectivity index (χ2v) is 3.20. The van der Waals surface area contributed by atoms with Gasteiger partial charge in [0.2, 0.25) is 0 Å². The number of carbonyl (C=O) groups excluding carboxylic acids is 1. The maximum atomic E-state index is 11.8. The predicted octanol–water partition coefficient (Wildman–Crippen LogP) is 2.47. The topological polar surface area (TPSA) is 38.3 Å². The fraction of sp³-hybridized carbons (Fsp3) is 0.300. The number of carbonyl (C=O) groups is 1. The molecule has 0 spiro atoms. The maximum Gasteiger partial charge on any atom is 0.471 e. The van der Waals surface area contributed by atoms with Crippen molar-refractivity contribution in [2.24, 2.45) is 0 Å². The maximum absolute atomic E-state index is 11.8. The number of nitrogens with one attached hydrogen (secondary N) is 1. The number of rotatable bonds is 4. The smallest absolute Gasteiger partial charge is 0.435 e. The molecule has 0 fully saturated rings. The van der Waals surface area contributed by atoms with E-state index in [0.717, 1.165) is 0 Å². The van der Waals surface area contributed by atoms with Gasteiger partial charge in [-0.15, -0.1) is 0 Å². The standard InChI is InChI=1S/C10H8F5NO2/c11-9(12)18-7-3-1-6(2-4-7)5-16-8(17)10(13,14)15/h1-4,9H,5H2,(H,16,17). The lowest BCUT2D eigenvalue weighted by Crippen LogP contribution is -2.36. The van der Waals surface area contributed by atoms with Gasteiger partial charge in [-0.05, 0) is 17.7 Å². The highest BCUT2D eigenvalue weighted by atomic mass is 19.4. The molecule has 1 amide bonds. The third kappa shape index (κ3) is 4.56. The lowest BCUT2D eigenvalue weighted by Gasteiger charge is -2.08. The average Bonchev–Trinajstić information content (AvgIpc) is 2.25. The van der Waals surface area contributed by atoms with Crippen LogP contribution in [0.25, 0.3) is 0 Å². The third-order valence-electron chi connectivity index (χ3n) is 1.86. The zero-order valence-electron chi connectivity index (χ0n) is 8.80. The van der Waals surface area contributed by atoms with Crippen LogP contribution in [0.1, 0.15) is 5.56 Å². The van der Waals surface area contributed by atoms with Crippen LogP contribution in [-0.2, 0) is 11.3 Å². The third-order valence-corrected chi connectivity index (χ3v) is 1.86. The van der Waals surface area contributed by atoms with Crippen LogP contribution in [0.15, 0.2) is 24.3 Å². The Morgan fingerprint density at radius 1 is 1.22 bits per heavy atom. The lowest BCUT2D eigenvalue weighted by atomic mass is 10.2. The average molecular weight is 269 g/mol. The Hall–Kier alpha value is -1.86. The first-order valence-electron chi connectivity index (χ1n) is 4.68. The predicted molar refractivity (Wildman–Crippen MR) is 51.0 cm³/mol. The van der Waals surface area contributed by atoms with Gasteiger partial charge in [0.15, 0.2) is 0 Å². The molecule has 0 saturated carbocycles. The van der Waals surface area contributed by atoms with Crippen LogP contribution < -0.4 is 10.1 Å². The van der Waals surface area contributed by atoms with Crippen molar-refractivity contribution in [1.29, 1.82) is 0 Å². The summed E-state index contributed by atoms with van der Waals surface area (Å²) < 4.78 is 63.2. The van der Waals surface area contributed by atoms with Crippen molar-refractivity contribution in [3.05, 3.63) is 29.8 Å². The Labute approximate surface area is 98.5 Å². The molecule has 0 aromatic heterocycles. The summed E-state index contributed by atoms with van der Waals surface area (Å²) in [7, 11) is 0. The van der Waals surface area contributed by atoms with Crippen molar-refractivity contribution < 1.29 is 31.5 Å². The van der Waals surface area contributed by atoms with E-state index in [1.807, 2.05) is 0 Å². The SMILES string of the molecule is O=C(NCc1ccc(OC(F)F)cc1)C(F)(F)F. The van der Waals surface area contributed by atoms with Crippen LogP contribution in [0.3, 0.4) is 0 Å². The molecule has 18 heavy (non-hydrogen) atoms. The normalized spacial score (nSPS) is 11.4. The first-order chi connectivity index (χ1) is 8.29. The van der Waals surface area contributed by atoms with Crippen LogP contribution in [0.4, 0.5) is 22.0 Å². The van der Waals surface area contributed by atoms with Crippen LogP contribution in [-0.4, -0.2) is 18.7 Å². The van der Waals surface area contributed by atoms with Gasteiger partial charge in [0.05, 0.1) is 0 Å². The highest BCUT2D eigenvalue weighted by Gasteiger charge is 2.38. The molecule has 0 bridgehead atoms. The molecule has 0 radical (unpaired) electrons. The molecule has 0 aliphatic rings.